The van der Waals surface area contributed by atoms with E-state index in [1.54, 1.807) is 6.92 Å². The molecule has 1 aromatic carbocycles. The van der Waals surface area contributed by atoms with Crippen LogP contribution >= 0.6 is 11.8 Å². The Bertz CT molecular complexity index is 759. The first kappa shape index (κ1) is 17.4. The van der Waals surface area contributed by atoms with Gasteiger partial charge in [-0.15, -0.1) is 0 Å². The molecule has 0 atom stereocenters. The molecule has 1 heterocycles. The molecule has 0 aliphatic rings. The molecule has 2 rings (SSSR count). The van der Waals surface area contributed by atoms with Crippen molar-refractivity contribution >= 4 is 34.4 Å². The van der Waals surface area contributed by atoms with Crippen molar-refractivity contribution in [2.45, 2.75) is 39.3 Å². The van der Waals surface area contributed by atoms with Crippen molar-refractivity contribution in [3.8, 4) is 0 Å². The number of hydrogen-bond donors (Lipinski definition) is 0. The third kappa shape index (κ3) is 4.51. The molecule has 0 N–H and O–H groups in total. The first-order valence-corrected chi connectivity index (χ1v) is 8.45. The topological polar surface area (TPSA) is 69.2 Å². The van der Waals surface area contributed by atoms with Gasteiger partial charge in [0.25, 0.3) is 0 Å². The molecular weight excluding hydrogens is 312 g/mol. The standard InChI is InChI=1S/C17H20N2O3S/c1-5-22-16(21)8-13(20)9-23-17-18-12(4)14-6-10(2)11(3)7-15(14)19-17/h6-7H,5,8-9H2,1-4H3. The third-order valence-corrected chi connectivity index (χ3v) is 4.40. The second-order valence-electron chi connectivity index (χ2n) is 5.35. The molecule has 1 aromatic heterocycles. The van der Waals surface area contributed by atoms with Crippen molar-refractivity contribution in [2.24, 2.45) is 0 Å². The van der Waals surface area contributed by atoms with Crippen LogP contribution in [0.4, 0.5) is 0 Å². The van der Waals surface area contributed by atoms with E-state index < -0.39 is 5.97 Å². The Labute approximate surface area is 139 Å². The van der Waals surface area contributed by atoms with Gasteiger partial charge in [-0.2, -0.15) is 0 Å². The monoisotopic (exact) mass is 332 g/mol. The van der Waals surface area contributed by atoms with Crippen LogP contribution < -0.4 is 0 Å². The van der Waals surface area contributed by atoms with E-state index in [9.17, 15) is 9.59 Å². The van der Waals surface area contributed by atoms with E-state index in [0.29, 0.717) is 5.16 Å². The highest BCUT2D eigenvalue weighted by molar-refractivity contribution is 7.99. The summed E-state index contributed by atoms with van der Waals surface area (Å²) >= 11 is 1.25. The van der Waals surface area contributed by atoms with Crippen LogP contribution in [0.1, 0.15) is 30.2 Å². The Morgan fingerprint density at radius 3 is 2.52 bits per heavy atom. The predicted molar refractivity (Wildman–Crippen MR) is 90.7 cm³/mol. The number of ether oxygens (including phenoxy) is 1. The molecule has 0 bridgehead atoms. The number of aryl methyl sites for hydroxylation is 3. The molecule has 0 unspecified atom stereocenters. The number of esters is 1. The van der Waals surface area contributed by atoms with Crippen molar-refractivity contribution in [3.63, 3.8) is 0 Å². The summed E-state index contributed by atoms with van der Waals surface area (Å²) in [6.45, 7) is 8.04. The number of rotatable bonds is 6. The molecule has 0 saturated heterocycles. The van der Waals surface area contributed by atoms with E-state index in [-0.39, 0.29) is 24.6 Å². The van der Waals surface area contributed by atoms with Crippen LogP contribution in [0.3, 0.4) is 0 Å². The fraction of sp³-hybridized carbons (Fsp3) is 0.412. The number of ketones is 1. The summed E-state index contributed by atoms with van der Waals surface area (Å²) in [6, 6.07) is 4.12. The number of thioether (sulfide) groups is 1. The Kier molecular flexibility index (Phi) is 5.71. The van der Waals surface area contributed by atoms with E-state index in [1.807, 2.05) is 19.9 Å². The van der Waals surface area contributed by atoms with Crippen LogP contribution in [0, 0.1) is 20.8 Å². The lowest BCUT2D eigenvalue weighted by atomic mass is 10.1. The van der Waals surface area contributed by atoms with E-state index in [4.69, 9.17) is 4.74 Å². The largest absolute Gasteiger partial charge is 0.466 e. The minimum absolute atomic E-state index is 0.161. The van der Waals surface area contributed by atoms with Crippen molar-refractivity contribution in [1.29, 1.82) is 0 Å². The lowest BCUT2D eigenvalue weighted by Crippen LogP contribution is -2.13. The maximum absolute atomic E-state index is 11.8. The first-order chi connectivity index (χ1) is 10.9. The van der Waals surface area contributed by atoms with Gasteiger partial charge in [0, 0.05) is 11.1 Å². The van der Waals surface area contributed by atoms with Gasteiger partial charge in [0.2, 0.25) is 0 Å². The average molecular weight is 332 g/mol. The Morgan fingerprint density at radius 2 is 1.83 bits per heavy atom. The number of carbonyl (C=O) groups excluding carboxylic acids is 2. The molecule has 0 aliphatic carbocycles. The zero-order valence-corrected chi connectivity index (χ0v) is 14.6. The van der Waals surface area contributed by atoms with Crippen LogP contribution in [0.25, 0.3) is 10.9 Å². The molecule has 2 aromatic rings. The minimum atomic E-state index is -0.486. The summed E-state index contributed by atoms with van der Waals surface area (Å²) in [6.07, 6.45) is -0.203. The van der Waals surface area contributed by atoms with Gasteiger partial charge in [-0.3, -0.25) is 9.59 Å². The van der Waals surface area contributed by atoms with Gasteiger partial charge in [-0.1, -0.05) is 11.8 Å². The second-order valence-corrected chi connectivity index (χ2v) is 6.30. The summed E-state index contributed by atoms with van der Waals surface area (Å²) in [5, 5.41) is 1.57. The summed E-state index contributed by atoms with van der Waals surface area (Å²) in [5.74, 6) is -0.510. The highest BCUT2D eigenvalue weighted by Gasteiger charge is 2.13. The molecule has 0 aliphatic heterocycles. The van der Waals surface area contributed by atoms with Gasteiger partial charge in [-0.05, 0) is 51.0 Å². The summed E-state index contributed by atoms with van der Waals surface area (Å²) < 4.78 is 4.77. The minimum Gasteiger partial charge on any atom is -0.466 e. The fourth-order valence-corrected chi connectivity index (χ4v) is 2.91. The number of Topliss-reactive ketones (excluding diaryl/α,β-unsaturated/α-hetero) is 1. The Balaban J connectivity index is 2.10. The quantitative estimate of drug-likeness (QED) is 0.350. The highest BCUT2D eigenvalue weighted by atomic mass is 32.2. The molecule has 122 valence electrons. The number of aromatic nitrogens is 2. The first-order valence-electron chi connectivity index (χ1n) is 7.46. The molecular formula is C17H20N2O3S. The zero-order valence-electron chi connectivity index (χ0n) is 13.8. The molecule has 5 nitrogen and oxygen atoms in total. The van der Waals surface area contributed by atoms with Crippen LogP contribution in [-0.4, -0.2) is 34.1 Å². The number of carbonyl (C=O) groups is 2. The SMILES string of the molecule is CCOC(=O)CC(=O)CSc1nc(C)c2cc(C)c(C)cc2n1. The number of fused-ring (bicyclic) bond motifs is 1. The van der Waals surface area contributed by atoms with Gasteiger partial charge in [0.1, 0.15) is 6.42 Å². The van der Waals surface area contributed by atoms with Gasteiger partial charge in [0.15, 0.2) is 10.9 Å². The van der Waals surface area contributed by atoms with Crippen LogP contribution in [0.5, 0.6) is 0 Å². The molecule has 6 heteroatoms. The van der Waals surface area contributed by atoms with Crippen LogP contribution in [0.15, 0.2) is 17.3 Å². The van der Waals surface area contributed by atoms with Crippen molar-refractivity contribution in [1.82, 2.24) is 9.97 Å². The number of nitrogens with zero attached hydrogens (tertiary/aromatic N) is 2. The van der Waals surface area contributed by atoms with E-state index in [0.717, 1.165) is 16.6 Å². The van der Waals surface area contributed by atoms with Gasteiger partial charge in [0.05, 0.1) is 17.9 Å². The van der Waals surface area contributed by atoms with Crippen molar-refractivity contribution in [3.05, 3.63) is 29.0 Å². The fourth-order valence-electron chi connectivity index (χ4n) is 2.15. The van der Waals surface area contributed by atoms with Crippen molar-refractivity contribution < 1.29 is 14.3 Å². The Hall–Kier alpha value is -1.95. The maximum atomic E-state index is 11.8. The summed E-state index contributed by atoms with van der Waals surface area (Å²) in [7, 11) is 0. The number of benzene rings is 1. The van der Waals surface area contributed by atoms with Crippen molar-refractivity contribution in [2.75, 3.05) is 12.4 Å². The zero-order chi connectivity index (χ0) is 17.0. The second kappa shape index (κ2) is 7.55. The van der Waals surface area contributed by atoms with Gasteiger partial charge < -0.3 is 4.74 Å². The summed E-state index contributed by atoms with van der Waals surface area (Å²) in [5.41, 5.74) is 4.14. The molecule has 0 saturated carbocycles. The summed E-state index contributed by atoms with van der Waals surface area (Å²) in [4.78, 5) is 32.0. The highest BCUT2D eigenvalue weighted by Crippen LogP contribution is 2.23. The molecule has 0 spiro atoms. The average Bonchev–Trinajstić information content (AvgIpc) is 2.47. The number of hydrogen-bond acceptors (Lipinski definition) is 6. The Morgan fingerprint density at radius 1 is 1.13 bits per heavy atom. The lowest BCUT2D eigenvalue weighted by molar-refractivity contribution is -0.145. The maximum Gasteiger partial charge on any atom is 0.313 e. The predicted octanol–water partition coefficient (Wildman–Crippen LogP) is 3.17. The van der Waals surface area contributed by atoms with Gasteiger partial charge >= 0.3 is 5.97 Å². The molecule has 0 amide bonds. The molecule has 0 fully saturated rings. The molecule has 0 radical (unpaired) electrons. The smallest absolute Gasteiger partial charge is 0.313 e. The normalized spacial score (nSPS) is 10.8. The van der Waals surface area contributed by atoms with Crippen LogP contribution in [-0.2, 0) is 14.3 Å². The van der Waals surface area contributed by atoms with Gasteiger partial charge in [-0.25, -0.2) is 9.97 Å². The third-order valence-electron chi connectivity index (χ3n) is 3.49. The van der Waals surface area contributed by atoms with E-state index in [2.05, 4.69) is 23.0 Å². The van der Waals surface area contributed by atoms with Crippen LogP contribution in [0.2, 0.25) is 0 Å². The van der Waals surface area contributed by atoms with E-state index in [1.165, 1.54) is 22.9 Å². The molecule has 23 heavy (non-hydrogen) atoms. The lowest BCUT2D eigenvalue weighted by Gasteiger charge is -2.08. The van der Waals surface area contributed by atoms with E-state index >= 15 is 0 Å².